The van der Waals surface area contributed by atoms with Crippen LogP contribution >= 0.6 is 11.6 Å². The molecule has 2 rings (SSSR count). The number of fused-ring (bicyclic) bond motifs is 1. The third-order valence-corrected chi connectivity index (χ3v) is 2.80. The summed E-state index contributed by atoms with van der Waals surface area (Å²) in [6, 6.07) is 4.05. The Balaban J connectivity index is 2.67. The Labute approximate surface area is 93.2 Å². The predicted molar refractivity (Wildman–Crippen MR) is 62.6 cm³/mol. The molecule has 0 unspecified atom stereocenters. The molecule has 1 aromatic carbocycles. The Hall–Kier alpha value is -1.19. The number of halogens is 1. The number of nitrogens with two attached hydrogens (primary N) is 1. The molecular weight excluding hydrogens is 212 g/mol. The summed E-state index contributed by atoms with van der Waals surface area (Å²) in [5, 5.41) is 1.72. The van der Waals surface area contributed by atoms with E-state index in [1.165, 1.54) is 0 Å². The van der Waals surface area contributed by atoms with Crippen molar-refractivity contribution in [1.82, 2.24) is 4.98 Å². The number of ether oxygens (including phenoxy) is 1. The van der Waals surface area contributed by atoms with Crippen LogP contribution in [0.15, 0.2) is 18.3 Å². The van der Waals surface area contributed by atoms with Crippen molar-refractivity contribution in [1.29, 1.82) is 0 Å². The third-order valence-electron chi connectivity index (χ3n) is 2.44. The number of hydrogen-bond donors (Lipinski definition) is 2. The molecule has 0 saturated carbocycles. The second-order valence-corrected chi connectivity index (χ2v) is 3.74. The smallest absolute Gasteiger partial charge is 0.142 e. The van der Waals surface area contributed by atoms with Gasteiger partial charge in [-0.05, 0) is 30.7 Å². The highest BCUT2D eigenvalue weighted by molar-refractivity contribution is 6.36. The average Bonchev–Trinajstić information content (AvgIpc) is 2.67. The maximum atomic E-state index is 6.23. The van der Waals surface area contributed by atoms with Gasteiger partial charge in [-0.25, -0.2) is 0 Å². The lowest BCUT2D eigenvalue weighted by molar-refractivity contribution is 0.410. The fourth-order valence-corrected chi connectivity index (χ4v) is 2.12. The molecule has 0 fully saturated rings. The van der Waals surface area contributed by atoms with Crippen LogP contribution in [0.5, 0.6) is 5.75 Å². The molecule has 0 spiro atoms. The fourth-order valence-electron chi connectivity index (χ4n) is 1.76. The number of aromatic nitrogens is 1. The van der Waals surface area contributed by atoms with Crippen molar-refractivity contribution in [2.45, 2.75) is 6.42 Å². The van der Waals surface area contributed by atoms with Gasteiger partial charge in [0.25, 0.3) is 0 Å². The molecule has 2 aromatic rings. The zero-order valence-electron chi connectivity index (χ0n) is 8.51. The van der Waals surface area contributed by atoms with Crippen LogP contribution in [-0.2, 0) is 6.42 Å². The van der Waals surface area contributed by atoms with Crippen LogP contribution in [0, 0.1) is 0 Å². The van der Waals surface area contributed by atoms with Crippen molar-refractivity contribution >= 4 is 22.5 Å². The van der Waals surface area contributed by atoms with E-state index in [9.17, 15) is 0 Å². The summed E-state index contributed by atoms with van der Waals surface area (Å²) in [5.74, 6) is 0.720. The molecular formula is C11H13ClN2O. The van der Waals surface area contributed by atoms with Gasteiger partial charge >= 0.3 is 0 Å². The molecule has 3 nitrogen and oxygen atoms in total. The minimum atomic E-state index is 0.586. The first-order valence-electron chi connectivity index (χ1n) is 4.80. The monoisotopic (exact) mass is 224 g/mol. The molecule has 4 heteroatoms. The van der Waals surface area contributed by atoms with Gasteiger partial charge < -0.3 is 15.5 Å². The van der Waals surface area contributed by atoms with Gasteiger partial charge in [-0.3, -0.25) is 0 Å². The topological polar surface area (TPSA) is 51.0 Å². The van der Waals surface area contributed by atoms with Crippen LogP contribution in [0.3, 0.4) is 0 Å². The number of nitrogens with one attached hydrogen (secondary N) is 1. The Morgan fingerprint density at radius 1 is 1.53 bits per heavy atom. The standard InChI is InChI=1S/C11H13ClN2O/c1-15-11-8(2-4-13)6-7-3-5-14-10(7)9(11)12/h3,5-6,14H,2,4,13H2,1H3. The zero-order chi connectivity index (χ0) is 10.8. The molecule has 0 aliphatic heterocycles. The molecule has 1 heterocycles. The van der Waals surface area contributed by atoms with Gasteiger partial charge in [-0.1, -0.05) is 11.6 Å². The highest BCUT2D eigenvalue weighted by Crippen LogP contribution is 2.35. The molecule has 15 heavy (non-hydrogen) atoms. The maximum Gasteiger partial charge on any atom is 0.142 e. The Morgan fingerprint density at radius 2 is 2.33 bits per heavy atom. The number of hydrogen-bond acceptors (Lipinski definition) is 2. The van der Waals surface area contributed by atoms with Crippen LogP contribution in [-0.4, -0.2) is 18.6 Å². The van der Waals surface area contributed by atoms with E-state index in [4.69, 9.17) is 22.1 Å². The lowest BCUT2D eigenvalue weighted by Crippen LogP contribution is -2.04. The van der Waals surface area contributed by atoms with E-state index in [0.29, 0.717) is 11.6 Å². The fraction of sp³-hybridized carbons (Fsp3) is 0.273. The number of H-pyrrole nitrogens is 1. The van der Waals surface area contributed by atoms with E-state index in [0.717, 1.165) is 28.6 Å². The van der Waals surface area contributed by atoms with Crippen molar-refractivity contribution in [2.24, 2.45) is 5.73 Å². The van der Waals surface area contributed by atoms with Crippen molar-refractivity contribution in [3.8, 4) is 5.75 Å². The van der Waals surface area contributed by atoms with Gasteiger partial charge in [0, 0.05) is 11.6 Å². The summed E-state index contributed by atoms with van der Waals surface area (Å²) >= 11 is 6.23. The minimum absolute atomic E-state index is 0.586. The van der Waals surface area contributed by atoms with Gasteiger partial charge in [0.2, 0.25) is 0 Å². The van der Waals surface area contributed by atoms with Gasteiger partial charge in [-0.15, -0.1) is 0 Å². The molecule has 0 aliphatic rings. The van der Waals surface area contributed by atoms with Crippen molar-refractivity contribution < 1.29 is 4.74 Å². The summed E-state index contributed by atoms with van der Waals surface area (Å²) in [7, 11) is 1.62. The van der Waals surface area contributed by atoms with E-state index in [1.54, 1.807) is 7.11 Å². The van der Waals surface area contributed by atoms with Gasteiger partial charge in [0.15, 0.2) is 0 Å². The van der Waals surface area contributed by atoms with E-state index in [2.05, 4.69) is 11.1 Å². The molecule has 0 amide bonds. The zero-order valence-corrected chi connectivity index (χ0v) is 9.27. The molecule has 0 radical (unpaired) electrons. The number of benzene rings is 1. The molecule has 0 aliphatic carbocycles. The molecule has 80 valence electrons. The molecule has 1 aromatic heterocycles. The quantitative estimate of drug-likeness (QED) is 0.841. The third kappa shape index (κ3) is 1.68. The highest BCUT2D eigenvalue weighted by Gasteiger charge is 2.12. The lowest BCUT2D eigenvalue weighted by Gasteiger charge is -2.10. The van der Waals surface area contributed by atoms with E-state index >= 15 is 0 Å². The van der Waals surface area contributed by atoms with Gasteiger partial charge in [0.05, 0.1) is 12.6 Å². The van der Waals surface area contributed by atoms with E-state index in [-0.39, 0.29) is 0 Å². The van der Waals surface area contributed by atoms with Crippen molar-refractivity contribution in [2.75, 3.05) is 13.7 Å². The van der Waals surface area contributed by atoms with Crippen molar-refractivity contribution in [3.05, 3.63) is 28.9 Å². The second-order valence-electron chi connectivity index (χ2n) is 3.36. The van der Waals surface area contributed by atoms with Gasteiger partial charge in [0.1, 0.15) is 10.8 Å². The Morgan fingerprint density at radius 3 is 3.00 bits per heavy atom. The molecule has 0 saturated heterocycles. The Kier molecular flexibility index (Phi) is 2.84. The van der Waals surface area contributed by atoms with Crippen LogP contribution in [0.4, 0.5) is 0 Å². The van der Waals surface area contributed by atoms with Crippen LogP contribution in [0.1, 0.15) is 5.56 Å². The summed E-state index contributed by atoms with van der Waals surface area (Å²) < 4.78 is 5.30. The Bertz CT molecular complexity index is 479. The van der Waals surface area contributed by atoms with Crippen LogP contribution in [0.2, 0.25) is 5.02 Å². The average molecular weight is 225 g/mol. The van der Waals surface area contributed by atoms with E-state index < -0.39 is 0 Å². The summed E-state index contributed by atoms with van der Waals surface area (Å²) in [4.78, 5) is 3.09. The van der Waals surface area contributed by atoms with Crippen LogP contribution < -0.4 is 10.5 Å². The minimum Gasteiger partial charge on any atom is -0.495 e. The SMILES string of the molecule is COc1c(CCN)cc2cc[nH]c2c1Cl. The highest BCUT2D eigenvalue weighted by atomic mass is 35.5. The summed E-state index contributed by atoms with van der Waals surface area (Å²) in [6.07, 6.45) is 2.63. The second kappa shape index (κ2) is 4.13. The first-order chi connectivity index (χ1) is 7.27. The van der Waals surface area contributed by atoms with Gasteiger partial charge in [-0.2, -0.15) is 0 Å². The normalized spacial score (nSPS) is 10.9. The lowest BCUT2D eigenvalue weighted by atomic mass is 10.1. The van der Waals surface area contributed by atoms with Crippen LogP contribution in [0.25, 0.3) is 10.9 Å². The maximum absolute atomic E-state index is 6.23. The summed E-state index contributed by atoms with van der Waals surface area (Å²) in [6.45, 7) is 0.586. The first-order valence-corrected chi connectivity index (χ1v) is 5.18. The molecule has 0 bridgehead atoms. The van der Waals surface area contributed by atoms with E-state index in [1.807, 2.05) is 12.3 Å². The number of aromatic amines is 1. The largest absolute Gasteiger partial charge is 0.495 e. The molecule has 0 atom stereocenters. The predicted octanol–water partition coefficient (Wildman–Crippen LogP) is 2.33. The van der Waals surface area contributed by atoms with Crippen molar-refractivity contribution in [3.63, 3.8) is 0 Å². The number of methoxy groups -OCH3 is 1. The summed E-state index contributed by atoms with van der Waals surface area (Å²) in [5.41, 5.74) is 7.51. The molecule has 3 N–H and O–H groups in total. The first kappa shape index (κ1) is 10.3. The number of rotatable bonds is 3.